The van der Waals surface area contributed by atoms with Crippen LogP contribution < -0.4 is 0 Å². The van der Waals surface area contributed by atoms with Crippen molar-refractivity contribution in [1.29, 1.82) is 0 Å². The number of likely N-dealkylation sites (tertiary alicyclic amines) is 1. The number of aromatic amines is 1. The summed E-state index contributed by atoms with van der Waals surface area (Å²) in [5.41, 5.74) is 2.61. The molecule has 3 aliphatic rings. The van der Waals surface area contributed by atoms with Crippen molar-refractivity contribution in [2.45, 2.75) is 51.4 Å². The highest BCUT2D eigenvalue weighted by molar-refractivity contribution is 5.94. The molecule has 138 valence electrons. The third kappa shape index (κ3) is 3.32. The third-order valence-corrected chi connectivity index (χ3v) is 5.75. The maximum Gasteiger partial charge on any atom is 0.274 e. The van der Waals surface area contributed by atoms with E-state index in [1.165, 1.54) is 0 Å². The average Bonchev–Trinajstić information content (AvgIpc) is 3.06. The molecule has 25 heavy (non-hydrogen) atoms. The van der Waals surface area contributed by atoms with Crippen molar-refractivity contribution >= 4 is 5.91 Å². The Balaban J connectivity index is 1.41. The Morgan fingerprint density at radius 2 is 1.88 bits per heavy atom. The van der Waals surface area contributed by atoms with Gasteiger partial charge in [0.2, 0.25) is 0 Å². The van der Waals surface area contributed by atoms with E-state index in [1.54, 1.807) is 0 Å². The summed E-state index contributed by atoms with van der Waals surface area (Å²) >= 11 is 0. The second-order valence-electron chi connectivity index (χ2n) is 7.43. The number of nitrogens with one attached hydrogen (secondary N) is 1. The number of carbonyl (C=O) groups excluding carboxylic acids is 1. The molecule has 1 aromatic rings. The van der Waals surface area contributed by atoms with Crippen molar-refractivity contribution < 1.29 is 14.3 Å². The molecule has 3 aliphatic heterocycles. The number of hydrogen-bond donors (Lipinski definition) is 1. The second kappa shape index (κ2) is 7.05. The van der Waals surface area contributed by atoms with Gasteiger partial charge < -0.3 is 14.4 Å². The van der Waals surface area contributed by atoms with Gasteiger partial charge in [-0.05, 0) is 26.7 Å². The van der Waals surface area contributed by atoms with Crippen LogP contribution in [0.5, 0.6) is 0 Å². The molecule has 4 heterocycles. The summed E-state index contributed by atoms with van der Waals surface area (Å²) in [6, 6.07) is 0.578. The summed E-state index contributed by atoms with van der Waals surface area (Å²) in [7, 11) is 0. The third-order valence-electron chi connectivity index (χ3n) is 5.75. The zero-order valence-corrected chi connectivity index (χ0v) is 15.2. The summed E-state index contributed by atoms with van der Waals surface area (Å²) in [4.78, 5) is 17.5. The summed E-state index contributed by atoms with van der Waals surface area (Å²) in [5, 5.41) is 7.38. The largest absolute Gasteiger partial charge is 0.379 e. The standard InChI is InChI=1S/C18H28N4O3/c1-12-11-15-16(13(2)25-12)19-20-17(15)18(23)22-5-3-14(4-6-22)21-7-9-24-10-8-21/h12-14H,3-11H2,1-2H3,(H,19,20)/t12-,13+/m1/s1. The van der Waals surface area contributed by atoms with E-state index in [0.717, 1.165) is 69.9 Å². The average molecular weight is 348 g/mol. The molecule has 1 N–H and O–H groups in total. The van der Waals surface area contributed by atoms with Gasteiger partial charge in [0.15, 0.2) is 5.69 Å². The first-order valence-corrected chi connectivity index (χ1v) is 9.47. The highest BCUT2D eigenvalue weighted by Crippen LogP contribution is 2.31. The number of amides is 1. The molecule has 0 unspecified atom stereocenters. The zero-order valence-electron chi connectivity index (χ0n) is 15.2. The quantitative estimate of drug-likeness (QED) is 0.874. The van der Waals surface area contributed by atoms with Gasteiger partial charge in [-0.1, -0.05) is 0 Å². The number of aromatic nitrogens is 2. The minimum Gasteiger partial charge on any atom is -0.379 e. The van der Waals surface area contributed by atoms with Crippen LogP contribution in [-0.2, 0) is 15.9 Å². The molecule has 7 heteroatoms. The Labute approximate surface area is 148 Å². The summed E-state index contributed by atoms with van der Waals surface area (Å²) in [6.45, 7) is 9.37. The van der Waals surface area contributed by atoms with Gasteiger partial charge in [-0.25, -0.2) is 0 Å². The Kier molecular flexibility index (Phi) is 4.80. The van der Waals surface area contributed by atoms with E-state index in [-0.39, 0.29) is 18.1 Å². The molecule has 0 saturated carbocycles. The molecular weight excluding hydrogens is 320 g/mol. The van der Waals surface area contributed by atoms with Gasteiger partial charge in [-0.3, -0.25) is 14.8 Å². The number of nitrogens with zero attached hydrogens (tertiary/aromatic N) is 3. The van der Waals surface area contributed by atoms with E-state index in [9.17, 15) is 4.79 Å². The molecule has 7 nitrogen and oxygen atoms in total. The highest BCUT2D eigenvalue weighted by atomic mass is 16.5. The fourth-order valence-electron chi connectivity index (χ4n) is 4.38. The molecule has 0 aliphatic carbocycles. The highest BCUT2D eigenvalue weighted by Gasteiger charge is 2.33. The van der Waals surface area contributed by atoms with E-state index in [0.29, 0.717) is 11.7 Å². The molecule has 0 aromatic carbocycles. The number of rotatable bonds is 2. The Morgan fingerprint density at radius 3 is 2.60 bits per heavy atom. The fraction of sp³-hybridized carbons (Fsp3) is 0.778. The van der Waals surface area contributed by atoms with E-state index in [4.69, 9.17) is 9.47 Å². The van der Waals surface area contributed by atoms with Crippen LogP contribution >= 0.6 is 0 Å². The molecule has 0 radical (unpaired) electrons. The fourth-order valence-corrected chi connectivity index (χ4v) is 4.38. The van der Waals surface area contributed by atoms with Gasteiger partial charge in [0.1, 0.15) is 0 Å². The molecular formula is C18H28N4O3. The Bertz CT molecular complexity index is 618. The van der Waals surface area contributed by atoms with Crippen LogP contribution in [0.3, 0.4) is 0 Å². The molecule has 2 saturated heterocycles. The van der Waals surface area contributed by atoms with Crippen LogP contribution in [0.4, 0.5) is 0 Å². The number of piperidine rings is 1. The van der Waals surface area contributed by atoms with Crippen molar-refractivity contribution in [2.24, 2.45) is 0 Å². The topological polar surface area (TPSA) is 70.7 Å². The number of fused-ring (bicyclic) bond motifs is 1. The first-order valence-electron chi connectivity index (χ1n) is 9.47. The maximum absolute atomic E-state index is 13.0. The number of H-pyrrole nitrogens is 1. The molecule has 0 bridgehead atoms. The predicted molar refractivity (Wildman–Crippen MR) is 92.6 cm³/mol. The van der Waals surface area contributed by atoms with Gasteiger partial charge in [0.25, 0.3) is 5.91 Å². The smallest absolute Gasteiger partial charge is 0.274 e. The van der Waals surface area contributed by atoms with Gasteiger partial charge >= 0.3 is 0 Å². The maximum atomic E-state index is 13.0. The van der Waals surface area contributed by atoms with Crippen LogP contribution in [0.25, 0.3) is 0 Å². The predicted octanol–water partition coefficient (Wildman–Crippen LogP) is 1.37. The lowest BCUT2D eigenvalue weighted by Gasteiger charge is -2.40. The van der Waals surface area contributed by atoms with Crippen LogP contribution in [0.15, 0.2) is 0 Å². The molecule has 1 amide bonds. The van der Waals surface area contributed by atoms with Crippen molar-refractivity contribution in [2.75, 3.05) is 39.4 Å². The number of carbonyl (C=O) groups is 1. The van der Waals surface area contributed by atoms with E-state index >= 15 is 0 Å². The lowest BCUT2D eigenvalue weighted by atomic mass is 9.98. The lowest BCUT2D eigenvalue weighted by Crippen LogP contribution is -2.50. The van der Waals surface area contributed by atoms with Gasteiger partial charge in [-0.15, -0.1) is 0 Å². The lowest BCUT2D eigenvalue weighted by molar-refractivity contribution is -0.00716. The Morgan fingerprint density at radius 1 is 1.16 bits per heavy atom. The van der Waals surface area contributed by atoms with Crippen LogP contribution in [-0.4, -0.2) is 77.4 Å². The molecule has 1 aromatic heterocycles. The van der Waals surface area contributed by atoms with E-state index in [2.05, 4.69) is 22.0 Å². The zero-order chi connectivity index (χ0) is 17.4. The second-order valence-corrected chi connectivity index (χ2v) is 7.43. The van der Waals surface area contributed by atoms with Crippen molar-refractivity contribution in [1.82, 2.24) is 20.0 Å². The van der Waals surface area contributed by atoms with Gasteiger partial charge in [0, 0.05) is 44.2 Å². The first kappa shape index (κ1) is 17.0. The number of hydrogen-bond acceptors (Lipinski definition) is 5. The molecule has 0 spiro atoms. The molecule has 2 fully saturated rings. The van der Waals surface area contributed by atoms with Crippen molar-refractivity contribution in [3.63, 3.8) is 0 Å². The normalized spacial score (nSPS) is 28.8. The van der Waals surface area contributed by atoms with E-state index in [1.807, 2.05) is 11.8 Å². The van der Waals surface area contributed by atoms with Gasteiger partial charge in [0.05, 0.1) is 31.1 Å². The minimum atomic E-state index is -0.0279. The number of ether oxygens (including phenoxy) is 2. The minimum absolute atomic E-state index is 0.0279. The molecule has 2 atom stereocenters. The summed E-state index contributed by atoms with van der Waals surface area (Å²) < 4.78 is 11.3. The van der Waals surface area contributed by atoms with Crippen molar-refractivity contribution in [3.05, 3.63) is 17.0 Å². The van der Waals surface area contributed by atoms with Gasteiger partial charge in [-0.2, -0.15) is 5.10 Å². The SMILES string of the molecule is C[C@@H]1Cc2c(C(=O)N3CCC(N4CCOCC4)CC3)n[nH]c2[C@H](C)O1. The monoisotopic (exact) mass is 348 g/mol. The first-order chi connectivity index (χ1) is 12.1. The molecule has 4 rings (SSSR count). The number of morpholine rings is 1. The van der Waals surface area contributed by atoms with Crippen LogP contribution in [0.1, 0.15) is 54.5 Å². The van der Waals surface area contributed by atoms with Crippen LogP contribution in [0.2, 0.25) is 0 Å². The Hall–Kier alpha value is -1.44. The summed E-state index contributed by atoms with van der Waals surface area (Å²) in [5.74, 6) is 0.0687. The summed E-state index contributed by atoms with van der Waals surface area (Å²) in [6.07, 6.45) is 2.92. The van der Waals surface area contributed by atoms with E-state index < -0.39 is 0 Å². The van der Waals surface area contributed by atoms with Crippen molar-refractivity contribution in [3.8, 4) is 0 Å². The van der Waals surface area contributed by atoms with Crippen LogP contribution in [0, 0.1) is 0 Å².